The lowest BCUT2D eigenvalue weighted by Crippen LogP contribution is -2.62. The SMILES string of the molecule is CN1CCN(CC(O)c2ccc(S(C)(=O)=O)cc2)C(C)(C)C1=O. The van der Waals surface area contributed by atoms with Gasteiger partial charge in [-0.05, 0) is 31.5 Å². The molecule has 0 radical (unpaired) electrons. The van der Waals surface area contributed by atoms with Crippen LogP contribution in [-0.4, -0.2) is 67.7 Å². The first-order valence-electron chi connectivity index (χ1n) is 7.52. The Labute approximate surface area is 137 Å². The zero-order valence-corrected chi connectivity index (χ0v) is 14.8. The van der Waals surface area contributed by atoms with Gasteiger partial charge in [0.05, 0.1) is 16.5 Å². The van der Waals surface area contributed by atoms with Gasteiger partial charge in [0.25, 0.3) is 0 Å². The van der Waals surface area contributed by atoms with Crippen LogP contribution in [0.15, 0.2) is 29.2 Å². The number of rotatable bonds is 4. The number of hydrogen-bond donors (Lipinski definition) is 1. The first-order chi connectivity index (χ1) is 10.5. The van der Waals surface area contributed by atoms with Crippen molar-refractivity contribution in [2.75, 3.05) is 32.9 Å². The van der Waals surface area contributed by atoms with E-state index in [1.807, 2.05) is 18.7 Å². The van der Waals surface area contributed by atoms with Crippen LogP contribution in [0.3, 0.4) is 0 Å². The number of amides is 1. The molecule has 2 rings (SSSR count). The fourth-order valence-corrected chi connectivity index (χ4v) is 3.46. The van der Waals surface area contributed by atoms with Crippen LogP contribution in [0.2, 0.25) is 0 Å². The van der Waals surface area contributed by atoms with Gasteiger partial charge in [0.1, 0.15) is 0 Å². The van der Waals surface area contributed by atoms with Gasteiger partial charge in [-0.25, -0.2) is 8.42 Å². The average Bonchev–Trinajstić information content (AvgIpc) is 2.47. The molecule has 0 saturated carbocycles. The van der Waals surface area contributed by atoms with E-state index in [1.54, 1.807) is 24.1 Å². The van der Waals surface area contributed by atoms with E-state index >= 15 is 0 Å². The molecule has 0 aliphatic carbocycles. The van der Waals surface area contributed by atoms with E-state index in [0.29, 0.717) is 25.2 Å². The zero-order chi connectivity index (χ0) is 17.4. The van der Waals surface area contributed by atoms with Crippen molar-refractivity contribution in [2.45, 2.75) is 30.4 Å². The second-order valence-electron chi connectivity index (χ2n) is 6.59. The molecule has 1 atom stereocenters. The Morgan fingerprint density at radius 2 is 1.78 bits per heavy atom. The van der Waals surface area contributed by atoms with E-state index in [9.17, 15) is 18.3 Å². The number of likely N-dealkylation sites (N-methyl/N-ethyl adjacent to an activating group) is 1. The van der Waals surface area contributed by atoms with Gasteiger partial charge in [-0.1, -0.05) is 12.1 Å². The van der Waals surface area contributed by atoms with Crippen molar-refractivity contribution in [3.05, 3.63) is 29.8 Å². The minimum atomic E-state index is -3.25. The van der Waals surface area contributed by atoms with E-state index in [1.165, 1.54) is 12.1 Å². The van der Waals surface area contributed by atoms with E-state index in [4.69, 9.17) is 0 Å². The summed E-state index contributed by atoms with van der Waals surface area (Å²) >= 11 is 0. The van der Waals surface area contributed by atoms with Crippen LogP contribution in [0.25, 0.3) is 0 Å². The molecule has 6 nitrogen and oxygen atoms in total. The molecule has 1 aliphatic heterocycles. The largest absolute Gasteiger partial charge is 0.387 e. The normalized spacial score (nSPS) is 20.6. The number of hydrogen-bond acceptors (Lipinski definition) is 5. The minimum absolute atomic E-state index is 0.0309. The number of aliphatic hydroxyl groups is 1. The molecule has 1 fully saturated rings. The molecule has 0 bridgehead atoms. The van der Waals surface area contributed by atoms with E-state index in [0.717, 1.165) is 6.26 Å². The molecule has 1 N–H and O–H groups in total. The molecular formula is C16H24N2O4S. The van der Waals surface area contributed by atoms with Crippen LogP contribution in [-0.2, 0) is 14.6 Å². The van der Waals surface area contributed by atoms with Crippen molar-refractivity contribution in [3.63, 3.8) is 0 Å². The van der Waals surface area contributed by atoms with Crippen molar-refractivity contribution >= 4 is 15.7 Å². The molecule has 7 heteroatoms. The Morgan fingerprint density at radius 3 is 2.30 bits per heavy atom. The number of sulfone groups is 1. The number of aliphatic hydroxyl groups excluding tert-OH is 1. The molecule has 1 saturated heterocycles. The average molecular weight is 340 g/mol. The van der Waals surface area contributed by atoms with E-state index < -0.39 is 21.5 Å². The third kappa shape index (κ3) is 3.73. The molecule has 128 valence electrons. The van der Waals surface area contributed by atoms with Crippen molar-refractivity contribution in [2.24, 2.45) is 0 Å². The van der Waals surface area contributed by atoms with Crippen molar-refractivity contribution in [1.29, 1.82) is 0 Å². The smallest absolute Gasteiger partial charge is 0.242 e. The fourth-order valence-electron chi connectivity index (χ4n) is 2.82. The monoisotopic (exact) mass is 340 g/mol. The van der Waals surface area contributed by atoms with Crippen LogP contribution < -0.4 is 0 Å². The summed E-state index contributed by atoms with van der Waals surface area (Å²) in [5.41, 5.74) is -0.0275. The highest BCUT2D eigenvalue weighted by molar-refractivity contribution is 7.90. The summed E-state index contributed by atoms with van der Waals surface area (Å²) in [4.78, 5) is 16.2. The Morgan fingerprint density at radius 1 is 1.22 bits per heavy atom. The maximum atomic E-state index is 12.3. The summed E-state index contributed by atoms with van der Waals surface area (Å²) < 4.78 is 22.9. The molecule has 1 aliphatic rings. The third-order valence-electron chi connectivity index (χ3n) is 4.45. The van der Waals surface area contributed by atoms with Gasteiger partial charge >= 0.3 is 0 Å². The number of piperazine rings is 1. The predicted octanol–water partition coefficient (Wildman–Crippen LogP) is 0.676. The van der Waals surface area contributed by atoms with Gasteiger partial charge in [-0.3, -0.25) is 9.69 Å². The molecule has 1 amide bonds. The van der Waals surface area contributed by atoms with Crippen LogP contribution in [0.1, 0.15) is 25.5 Å². The highest BCUT2D eigenvalue weighted by Gasteiger charge is 2.40. The minimum Gasteiger partial charge on any atom is -0.387 e. The Balaban J connectivity index is 2.13. The maximum Gasteiger partial charge on any atom is 0.242 e. The van der Waals surface area contributed by atoms with Gasteiger partial charge < -0.3 is 10.0 Å². The van der Waals surface area contributed by atoms with Crippen LogP contribution >= 0.6 is 0 Å². The predicted molar refractivity (Wildman–Crippen MR) is 87.8 cm³/mol. The quantitative estimate of drug-likeness (QED) is 0.872. The molecule has 0 aromatic heterocycles. The second-order valence-corrected chi connectivity index (χ2v) is 8.60. The van der Waals surface area contributed by atoms with Gasteiger partial charge in [-0.2, -0.15) is 0 Å². The van der Waals surface area contributed by atoms with Gasteiger partial charge in [-0.15, -0.1) is 0 Å². The summed E-state index contributed by atoms with van der Waals surface area (Å²) in [5, 5.41) is 10.4. The molecule has 1 aromatic carbocycles. The number of carbonyl (C=O) groups excluding carboxylic acids is 1. The van der Waals surface area contributed by atoms with E-state index in [2.05, 4.69) is 0 Å². The zero-order valence-electron chi connectivity index (χ0n) is 14.0. The number of benzene rings is 1. The molecule has 1 unspecified atom stereocenters. The lowest BCUT2D eigenvalue weighted by molar-refractivity contribution is -0.148. The first kappa shape index (κ1) is 17.9. The molecule has 1 heterocycles. The summed E-state index contributed by atoms with van der Waals surface area (Å²) in [6, 6.07) is 6.22. The lowest BCUT2D eigenvalue weighted by atomic mass is 9.96. The number of nitrogens with zero attached hydrogens (tertiary/aromatic N) is 2. The number of β-amino-alcohol motifs (C(OH)–C–C–N with tert-alkyl or cyclic N) is 1. The summed E-state index contributed by atoms with van der Waals surface area (Å²) in [6.07, 6.45) is 0.371. The van der Waals surface area contributed by atoms with Gasteiger partial charge in [0, 0.05) is 32.9 Å². The molecule has 0 spiro atoms. The van der Waals surface area contributed by atoms with Crippen molar-refractivity contribution in [3.8, 4) is 0 Å². The Hall–Kier alpha value is -1.44. The van der Waals surface area contributed by atoms with E-state index in [-0.39, 0.29) is 10.8 Å². The summed E-state index contributed by atoms with van der Waals surface area (Å²) in [7, 11) is -1.47. The Bertz CT molecular complexity index is 683. The molecule has 1 aromatic rings. The van der Waals surface area contributed by atoms with Crippen molar-refractivity contribution in [1.82, 2.24) is 9.80 Å². The van der Waals surface area contributed by atoms with Gasteiger partial charge in [0.15, 0.2) is 9.84 Å². The lowest BCUT2D eigenvalue weighted by Gasteiger charge is -2.45. The fraction of sp³-hybridized carbons (Fsp3) is 0.562. The maximum absolute atomic E-state index is 12.3. The second kappa shape index (κ2) is 6.22. The van der Waals surface area contributed by atoms with Crippen molar-refractivity contribution < 1.29 is 18.3 Å². The Kier molecular flexibility index (Phi) is 4.84. The highest BCUT2D eigenvalue weighted by Crippen LogP contribution is 2.25. The van der Waals surface area contributed by atoms with Gasteiger partial charge in [0.2, 0.25) is 5.91 Å². The first-order valence-corrected chi connectivity index (χ1v) is 9.41. The van der Waals surface area contributed by atoms with Crippen LogP contribution in [0.5, 0.6) is 0 Å². The van der Waals surface area contributed by atoms with Crippen LogP contribution in [0, 0.1) is 0 Å². The third-order valence-corrected chi connectivity index (χ3v) is 5.58. The topological polar surface area (TPSA) is 77.9 Å². The van der Waals surface area contributed by atoms with Crippen LogP contribution in [0.4, 0.5) is 0 Å². The molecule has 23 heavy (non-hydrogen) atoms. The number of carbonyl (C=O) groups is 1. The summed E-state index contributed by atoms with van der Waals surface area (Å²) in [5.74, 6) is 0.0309. The highest BCUT2D eigenvalue weighted by atomic mass is 32.2. The summed E-state index contributed by atoms with van der Waals surface area (Å²) in [6.45, 7) is 5.34. The standard InChI is InChI=1S/C16H24N2O4S/c1-16(2)15(20)17(3)9-10-18(16)11-14(19)12-5-7-13(8-6-12)23(4,21)22/h5-8,14,19H,9-11H2,1-4H3. The molecular weight excluding hydrogens is 316 g/mol.